The van der Waals surface area contributed by atoms with E-state index in [9.17, 15) is 4.79 Å². The lowest BCUT2D eigenvalue weighted by molar-refractivity contribution is 0.0693. The van der Waals surface area contributed by atoms with Gasteiger partial charge in [-0.25, -0.2) is 9.97 Å². The fourth-order valence-electron chi connectivity index (χ4n) is 2.06. The first kappa shape index (κ1) is 11.8. The monoisotopic (exact) mass is 235 g/mol. The van der Waals surface area contributed by atoms with Gasteiger partial charge in [-0.05, 0) is 19.9 Å². The van der Waals surface area contributed by atoms with Crippen LogP contribution in [-0.2, 0) is 0 Å². The van der Waals surface area contributed by atoms with E-state index < -0.39 is 0 Å². The Hall–Kier alpha value is -1.69. The third-order valence-electron chi connectivity index (χ3n) is 3.05. The molecule has 0 spiro atoms. The molecule has 6 heteroatoms. The van der Waals surface area contributed by atoms with Gasteiger partial charge >= 0.3 is 0 Å². The summed E-state index contributed by atoms with van der Waals surface area (Å²) in [5, 5.41) is 3.19. The van der Waals surface area contributed by atoms with Crippen LogP contribution in [0.3, 0.4) is 0 Å². The molecule has 0 saturated carbocycles. The summed E-state index contributed by atoms with van der Waals surface area (Å²) < 4.78 is 0. The smallest absolute Gasteiger partial charge is 0.276 e. The minimum Gasteiger partial charge on any atom is -0.382 e. The molecule has 1 fully saturated rings. The van der Waals surface area contributed by atoms with Crippen molar-refractivity contribution < 1.29 is 4.79 Å². The molecular formula is C11H17N5O. The first-order valence-electron chi connectivity index (χ1n) is 5.75. The van der Waals surface area contributed by atoms with E-state index in [-0.39, 0.29) is 17.4 Å². The van der Waals surface area contributed by atoms with Crippen molar-refractivity contribution in [3.05, 3.63) is 18.1 Å². The van der Waals surface area contributed by atoms with Crippen LogP contribution in [0.5, 0.6) is 0 Å². The van der Waals surface area contributed by atoms with Gasteiger partial charge in [0, 0.05) is 31.5 Å². The number of nitrogens with zero attached hydrogens (tertiary/aromatic N) is 3. The summed E-state index contributed by atoms with van der Waals surface area (Å²) in [6.45, 7) is 1.46. The molecule has 2 heterocycles. The van der Waals surface area contributed by atoms with Crippen LogP contribution in [0.1, 0.15) is 23.3 Å². The molecule has 1 aromatic rings. The van der Waals surface area contributed by atoms with E-state index in [2.05, 4.69) is 15.3 Å². The van der Waals surface area contributed by atoms with Crippen molar-refractivity contribution in [2.45, 2.75) is 18.9 Å². The number of carbonyl (C=O) groups is 1. The van der Waals surface area contributed by atoms with Crippen LogP contribution >= 0.6 is 0 Å². The van der Waals surface area contributed by atoms with Crippen molar-refractivity contribution in [3.8, 4) is 0 Å². The van der Waals surface area contributed by atoms with E-state index >= 15 is 0 Å². The molecule has 1 aliphatic heterocycles. The second kappa shape index (κ2) is 5.09. The fraction of sp³-hybridized carbons (Fsp3) is 0.545. The van der Waals surface area contributed by atoms with Gasteiger partial charge in [-0.2, -0.15) is 0 Å². The van der Waals surface area contributed by atoms with Crippen molar-refractivity contribution in [1.82, 2.24) is 20.2 Å². The Morgan fingerprint density at radius 3 is 3.00 bits per heavy atom. The molecule has 92 valence electrons. The van der Waals surface area contributed by atoms with E-state index in [1.807, 2.05) is 7.05 Å². The average molecular weight is 235 g/mol. The van der Waals surface area contributed by atoms with Gasteiger partial charge in [-0.15, -0.1) is 0 Å². The molecule has 2 rings (SSSR count). The Bertz CT molecular complexity index is 409. The lowest BCUT2D eigenvalue weighted by Gasteiger charge is -2.32. The van der Waals surface area contributed by atoms with Crippen LogP contribution in [-0.4, -0.2) is 47.0 Å². The summed E-state index contributed by atoms with van der Waals surface area (Å²) in [6, 6.07) is 0.352. The van der Waals surface area contributed by atoms with Gasteiger partial charge in [0.05, 0.1) is 0 Å². The van der Waals surface area contributed by atoms with Gasteiger partial charge in [0.25, 0.3) is 5.91 Å². The van der Waals surface area contributed by atoms with Crippen LogP contribution < -0.4 is 11.1 Å². The van der Waals surface area contributed by atoms with Gasteiger partial charge in [-0.1, -0.05) is 0 Å². The standard InChI is InChI=1S/C11H17N5O/c1-13-8-3-2-6-16(7-8)11(17)9-10(12)15-5-4-14-9/h4-5,8,13H,2-3,6-7H2,1H3,(H2,12,15). The predicted molar refractivity (Wildman–Crippen MR) is 64.4 cm³/mol. The summed E-state index contributed by atoms with van der Waals surface area (Å²) in [5.41, 5.74) is 5.91. The summed E-state index contributed by atoms with van der Waals surface area (Å²) in [6.07, 6.45) is 5.06. The first-order valence-corrected chi connectivity index (χ1v) is 5.75. The number of aromatic nitrogens is 2. The SMILES string of the molecule is CNC1CCCN(C(=O)c2nccnc2N)C1. The number of nitrogen functional groups attached to an aromatic ring is 1. The molecule has 1 aromatic heterocycles. The lowest BCUT2D eigenvalue weighted by atomic mass is 10.1. The van der Waals surface area contributed by atoms with E-state index in [1.165, 1.54) is 12.4 Å². The first-order chi connectivity index (χ1) is 8.22. The maximum atomic E-state index is 12.2. The Kier molecular flexibility index (Phi) is 3.53. The number of nitrogens with one attached hydrogen (secondary N) is 1. The third-order valence-corrected chi connectivity index (χ3v) is 3.05. The predicted octanol–water partition coefficient (Wildman–Crippen LogP) is -0.117. The zero-order chi connectivity index (χ0) is 12.3. The summed E-state index contributed by atoms with van der Waals surface area (Å²) in [7, 11) is 1.91. The van der Waals surface area contributed by atoms with Crippen LogP contribution in [0.4, 0.5) is 5.82 Å². The Morgan fingerprint density at radius 1 is 1.53 bits per heavy atom. The van der Waals surface area contributed by atoms with Crippen LogP contribution in [0.15, 0.2) is 12.4 Å². The molecule has 6 nitrogen and oxygen atoms in total. The number of anilines is 1. The normalized spacial score (nSPS) is 20.3. The average Bonchev–Trinajstić information content (AvgIpc) is 2.38. The molecule has 3 N–H and O–H groups in total. The van der Waals surface area contributed by atoms with Crippen molar-refractivity contribution >= 4 is 11.7 Å². The molecule has 0 bridgehead atoms. The van der Waals surface area contributed by atoms with E-state index in [1.54, 1.807) is 4.90 Å². The highest BCUT2D eigenvalue weighted by atomic mass is 16.2. The van der Waals surface area contributed by atoms with Crippen molar-refractivity contribution in [1.29, 1.82) is 0 Å². The molecule has 1 saturated heterocycles. The number of carbonyl (C=O) groups excluding carboxylic acids is 1. The maximum Gasteiger partial charge on any atom is 0.276 e. The van der Waals surface area contributed by atoms with Gasteiger partial charge in [-0.3, -0.25) is 4.79 Å². The molecule has 17 heavy (non-hydrogen) atoms. The topological polar surface area (TPSA) is 84.1 Å². The van der Waals surface area contributed by atoms with Crippen molar-refractivity contribution in [2.75, 3.05) is 25.9 Å². The second-order valence-corrected chi connectivity index (χ2v) is 4.17. The largest absolute Gasteiger partial charge is 0.382 e. The van der Waals surface area contributed by atoms with E-state index in [0.717, 1.165) is 19.4 Å². The number of likely N-dealkylation sites (N-methyl/N-ethyl adjacent to an activating group) is 1. The number of piperidine rings is 1. The zero-order valence-electron chi connectivity index (χ0n) is 9.89. The molecule has 0 radical (unpaired) electrons. The number of hydrogen-bond acceptors (Lipinski definition) is 5. The van der Waals surface area contributed by atoms with Crippen molar-refractivity contribution in [3.63, 3.8) is 0 Å². The molecule has 1 aliphatic rings. The lowest BCUT2D eigenvalue weighted by Crippen LogP contribution is -2.47. The quantitative estimate of drug-likeness (QED) is 0.746. The summed E-state index contributed by atoms with van der Waals surface area (Å²) >= 11 is 0. The molecule has 1 amide bonds. The highest BCUT2D eigenvalue weighted by Crippen LogP contribution is 2.14. The van der Waals surface area contributed by atoms with Gasteiger partial charge in [0.15, 0.2) is 11.5 Å². The highest BCUT2D eigenvalue weighted by molar-refractivity contribution is 5.96. The van der Waals surface area contributed by atoms with E-state index in [0.29, 0.717) is 12.6 Å². The summed E-state index contributed by atoms with van der Waals surface area (Å²) in [5.74, 6) is 0.0691. The Balaban J connectivity index is 2.12. The van der Waals surface area contributed by atoms with Gasteiger partial charge < -0.3 is 16.0 Å². The number of likely N-dealkylation sites (tertiary alicyclic amines) is 1. The fourth-order valence-corrected chi connectivity index (χ4v) is 2.06. The molecule has 0 aliphatic carbocycles. The van der Waals surface area contributed by atoms with Crippen LogP contribution in [0.2, 0.25) is 0 Å². The third kappa shape index (κ3) is 2.52. The van der Waals surface area contributed by atoms with Crippen LogP contribution in [0, 0.1) is 0 Å². The Labute approximate surface area is 100 Å². The molecule has 0 aromatic carbocycles. The minimum atomic E-state index is -0.129. The maximum absolute atomic E-state index is 12.2. The van der Waals surface area contributed by atoms with Gasteiger partial charge in [0.1, 0.15) is 0 Å². The second-order valence-electron chi connectivity index (χ2n) is 4.17. The number of amides is 1. The number of hydrogen-bond donors (Lipinski definition) is 2. The van der Waals surface area contributed by atoms with Crippen molar-refractivity contribution in [2.24, 2.45) is 0 Å². The molecule has 1 unspecified atom stereocenters. The van der Waals surface area contributed by atoms with Crippen LogP contribution in [0.25, 0.3) is 0 Å². The number of nitrogens with two attached hydrogens (primary N) is 1. The molecular weight excluding hydrogens is 218 g/mol. The van der Waals surface area contributed by atoms with E-state index in [4.69, 9.17) is 5.73 Å². The van der Waals surface area contributed by atoms with Gasteiger partial charge in [0.2, 0.25) is 0 Å². The summed E-state index contributed by atoms with van der Waals surface area (Å²) in [4.78, 5) is 21.9. The Morgan fingerprint density at radius 2 is 2.29 bits per heavy atom. The minimum absolute atomic E-state index is 0.129. The highest BCUT2D eigenvalue weighted by Gasteiger charge is 2.25. The number of rotatable bonds is 2. The molecule has 1 atom stereocenters. The zero-order valence-corrected chi connectivity index (χ0v) is 9.89.